The number of carbonyl (C=O) groups is 4. The lowest BCUT2D eigenvalue weighted by atomic mass is 10.0. The molecule has 2 aliphatic heterocycles. The number of hydrogen-bond acceptors (Lipinski definition) is 5. The highest BCUT2D eigenvalue weighted by Gasteiger charge is 2.40. The van der Waals surface area contributed by atoms with Crippen LogP contribution in [0.2, 0.25) is 0 Å². The molecule has 4 amide bonds. The van der Waals surface area contributed by atoms with E-state index >= 15 is 0 Å². The highest BCUT2D eigenvalue weighted by molar-refractivity contribution is 6.06. The van der Waals surface area contributed by atoms with E-state index in [4.69, 9.17) is 0 Å². The van der Waals surface area contributed by atoms with Gasteiger partial charge < -0.3 is 0 Å². The Balaban J connectivity index is 1.98. The Morgan fingerprint density at radius 2 is 2.00 bits per heavy atom. The van der Waals surface area contributed by atoms with Gasteiger partial charge in [0.2, 0.25) is 23.6 Å². The van der Waals surface area contributed by atoms with Crippen molar-refractivity contribution < 1.29 is 19.2 Å². The van der Waals surface area contributed by atoms with E-state index < -0.39 is 18.0 Å². The van der Waals surface area contributed by atoms with Crippen LogP contribution in [0.15, 0.2) is 0 Å². The van der Waals surface area contributed by atoms with E-state index in [-0.39, 0.29) is 30.6 Å². The molecule has 18 heavy (non-hydrogen) atoms. The minimum absolute atomic E-state index is 0.0738. The van der Waals surface area contributed by atoms with Crippen LogP contribution in [0.1, 0.15) is 26.2 Å². The fourth-order valence-electron chi connectivity index (χ4n) is 2.24. The minimum atomic E-state index is -0.651. The number of piperidine rings is 1. The van der Waals surface area contributed by atoms with E-state index in [1.54, 1.807) is 6.92 Å². The van der Waals surface area contributed by atoms with Crippen LogP contribution < -0.4 is 10.6 Å². The second-order valence-electron chi connectivity index (χ2n) is 4.40. The number of amides is 4. The third kappa shape index (κ3) is 2.26. The molecule has 0 aromatic rings. The second-order valence-corrected chi connectivity index (χ2v) is 4.40. The Hall–Kier alpha value is -1.76. The van der Waals surface area contributed by atoms with Crippen LogP contribution in [0, 0.1) is 0 Å². The predicted molar refractivity (Wildman–Crippen MR) is 60.1 cm³/mol. The maximum absolute atomic E-state index is 11.8. The van der Waals surface area contributed by atoms with Crippen molar-refractivity contribution in [2.24, 2.45) is 0 Å². The van der Waals surface area contributed by atoms with E-state index in [9.17, 15) is 19.2 Å². The highest BCUT2D eigenvalue weighted by Crippen LogP contribution is 2.15. The van der Waals surface area contributed by atoms with Gasteiger partial charge in [-0.05, 0) is 13.3 Å². The first kappa shape index (κ1) is 12.7. The molecule has 7 heteroatoms. The van der Waals surface area contributed by atoms with Crippen LogP contribution in [0.25, 0.3) is 0 Å². The van der Waals surface area contributed by atoms with E-state index in [0.717, 1.165) is 0 Å². The number of nitrogens with zero attached hydrogens (tertiary/aromatic N) is 1. The van der Waals surface area contributed by atoms with Crippen molar-refractivity contribution in [3.8, 4) is 0 Å². The molecule has 0 aromatic heterocycles. The zero-order chi connectivity index (χ0) is 13.3. The summed E-state index contributed by atoms with van der Waals surface area (Å²) >= 11 is 0. The van der Waals surface area contributed by atoms with E-state index in [1.807, 2.05) is 0 Å². The molecule has 0 bridgehead atoms. The van der Waals surface area contributed by atoms with Gasteiger partial charge in [-0.3, -0.25) is 34.7 Å². The van der Waals surface area contributed by atoms with Crippen LogP contribution in [0.5, 0.6) is 0 Å². The largest absolute Gasteiger partial charge is 0.295 e. The lowest BCUT2D eigenvalue weighted by Gasteiger charge is -2.24. The summed E-state index contributed by atoms with van der Waals surface area (Å²) in [5.74, 6) is -1.26. The number of likely N-dealkylation sites (N-methyl/N-ethyl adjacent to an activating group) is 1. The third-order valence-corrected chi connectivity index (χ3v) is 3.20. The Labute approximate surface area is 104 Å². The summed E-state index contributed by atoms with van der Waals surface area (Å²) in [7, 11) is 0. The van der Waals surface area contributed by atoms with Crippen LogP contribution >= 0.6 is 0 Å². The molecule has 7 nitrogen and oxygen atoms in total. The molecule has 2 heterocycles. The number of nitrogens with one attached hydrogen (secondary N) is 2. The van der Waals surface area contributed by atoms with Crippen LogP contribution in [-0.4, -0.2) is 47.2 Å². The number of imide groups is 2. The minimum Gasteiger partial charge on any atom is -0.295 e. The van der Waals surface area contributed by atoms with Crippen molar-refractivity contribution in [1.82, 2.24) is 15.5 Å². The van der Waals surface area contributed by atoms with E-state index in [2.05, 4.69) is 10.6 Å². The molecule has 0 aliphatic carbocycles. The predicted octanol–water partition coefficient (Wildman–Crippen LogP) is -1.47. The van der Waals surface area contributed by atoms with Crippen molar-refractivity contribution in [2.45, 2.75) is 38.3 Å². The summed E-state index contributed by atoms with van der Waals surface area (Å²) in [6, 6.07) is -1.23. The van der Waals surface area contributed by atoms with Gasteiger partial charge in [0.05, 0.1) is 18.5 Å². The molecule has 2 N–H and O–H groups in total. The van der Waals surface area contributed by atoms with Gasteiger partial charge in [-0.2, -0.15) is 0 Å². The second kappa shape index (κ2) is 4.85. The van der Waals surface area contributed by atoms with Crippen molar-refractivity contribution in [3.63, 3.8) is 0 Å². The normalized spacial score (nSPS) is 28.8. The molecule has 2 fully saturated rings. The maximum atomic E-state index is 11.8. The first-order valence-electron chi connectivity index (χ1n) is 5.97. The third-order valence-electron chi connectivity index (χ3n) is 3.20. The van der Waals surface area contributed by atoms with E-state index in [0.29, 0.717) is 13.0 Å². The van der Waals surface area contributed by atoms with Gasteiger partial charge in [-0.1, -0.05) is 0 Å². The molecular formula is C11H15N3O4. The van der Waals surface area contributed by atoms with Crippen molar-refractivity contribution in [3.05, 3.63) is 0 Å². The van der Waals surface area contributed by atoms with Crippen LogP contribution in [-0.2, 0) is 19.2 Å². The van der Waals surface area contributed by atoms with Gasteiger partial charge in [0, 0.05) is 13.0 Å². The van der Waals surface area contributed by atoms with Crippen molar-refractivity contribution in [1.29, 1.82) is 0 Å². The molecule has 2 atom stereocenters. The lowest BCUT2D eigenvalue weighted by Crippen LogP contribution is -2.54. The summed E-state index contributed by atoms with van der Waals surface area (Å²) in [4.78, 5) is 47.0. The number of hydrogen-bond donors (Lipinski definition) is 2. The first-order valence-corrected chi connectivity index (χ1v) is 5.97. The summed E-state index contributed by atoms with van der Waals surface area (Å²) in [6.07, 6.45) is 0.676. The smallest absolute Gasteiger partial charge is 0.246 e. The number of carbonyl (C=O) groups excluding carboxylic acids is 4. The molecule has 0 radical (unpaired) electrons. The topological polar surface area (TPSA) is 95.6 Å². The van der Waals surface area contributed by atoms with Crippen molar-refractivity contribution >= 4 is 23.6 Å². The van der Waals surface area contributed by atoms with E-state index in [1.165, 1.54) is 4.90 Å². The molecule has 2 aliphatic rings. The van der Waals surface area contributed by atoms with Gasteiger partial charge in [-0.25, -0.2) is 0 Å². The zero-order valence-electron chi connectivity index (χ0n) is 10.1. The Morgan fingerprint density at radius 3 is 2.56 bits per heavy atom. The molecule has 0 spiro atoms. The Bertz CT molecular complexity index is 421. The average molecular weight is 253 g/mol. The highest BCUT2D eigenvalue weighted by atomic mass is 16.2. The van der Waals surface area contributed by atoms with Gasteiger partial charge in [-0.15, -0.1) is 0 Å². The fourth-order valence-corrected chi connectivity index (χ4v) is 2.24. The molecule has 2 unspecified atom stereocenters. The number of likely N-dealkylation sites (tertiary alicyclic amines) is 1. The Morgan fingerprint density at radius 1 is 1.28 bits per heavy atom. The summed E-state index contributed by atoms with van der Waals surface area (Å²) < 4.78 is 0. The summed E-state index contributed by atoms with van der Waals surface area (Å²) in [5, 5.41) is 5.06. The first-order chi connectivity index (χ1) is 8.52. The molecule has 2 saturated heterocycles. The molecular weight excluding hydrogens is 238 g/mol. The molecule has 0 aromatic carbocycles. The monoisotopic (exact) mass is 253 g/mol. The van der Waals surface area contributed by atoms with Gasteiger partial charge in [0.25, 0.3) is 0 Å². The molecule has 0 saturated carbocycles. The summed E-state index contributed by atoms with van der Waals surface area (Å²) in [5.41, 5.74) is 0. The SMILES string of the molecule is CCN1C(=O)CC(NC2CCC(=O)NC2=O)C1=O. The standard InChI is InChI=1S/C11H15N3O4/c1-2-14-9(16)5-7(11(14)18)12-6-3-4-8(15)13-10(6)17/h6-7,12H,2-5H2,1H3,(H,13,15,17). The molecule has 2 rings (SSSR count). The lowest BCUT2D eigenvalue weighted by molar-refractivity contribution is -0.138. The Kier molecular flexibility index (Phi) is 3.42. The molecule has 98 valence electrons. The zero-order valence-corrected chi connectivity index (χ0v) is 10.1. The number of rotatable bonds is 3. The van der Waals surface area contributed by atoms with Crippen LogP contribution in [0.4, 0.5) is 0 Å². The van der Waals surface area contributed by atoms with Gasteiger partial charge in [0.1, 0.15) is 0 Å². The van der Waals surface area contributed by atoms with Gasteiger partial charge >= 0.3 is 0 Å². The maximum Gasteiger partial charge on any atom is 0.246 e. The van der Waals surface area contributed by atoms with Crippen LogP contribution in [0.3, 0.4) is 0 Å². The van der Waals surface area contributed by atoms with Crippen molar-refractivity contribution in [2.75, 3.05) is 6.54 Å². The average Bonchev–Trinajstić information content (AvgIpc) is 2.58. The fraction of sp³-hybridized carbons (Fsp3) is 0.636. The van der Waals surface area contributed by atoms with Gasteiger partial charge in [0.15, 0.2) is 0 Å². The quantitative estimate of drug-likeness (QED) is 0.599. The summed E-state index contributed by atoms with van der Waals surface area (Å²) in [6.45, 7) is 2.06.